The number of rotatable bonds is 3. The molecule has 0 aromatic heterocycles. The van der Waals surface area contributed by atoms with E-state index in [1.54, 1.807) is 18.2 Å². The Morgan fingerprint density at radius 3 is 2.62 bits per heavy atom. The largest absolute Gasteiger partial charge is 0.481 e. The molecule has 7 heteroatoms. The number of nitrogens with one attached hydrogen (secondary N) is 1. The van der Waals surface area contributed by atoms with Crippen LogP contribution in [0.25, 0.3) is 0 Å². The Bertz CT molecular complexity index is 658. The van der Waals surface area contributed by atoms with E-state index >= 15 is 0 Å². The number of likely N-dealkylation sites (tertiary alicyclic amines) is 1. The maximum atomic E-state index is 12.5. The Morgan fingerprint density at radius 2 is 2.00 bits per heavy atom. The van der Waals surface area contributed by atoms with Gasteiger partial charge in [-0.2, -0.15) is 0 Å². The van der Waals surface area contributed by atoms with Crippen LogP contribution in [0.3, 0.4) is 0 Å². The number of methoxy groups -OCH3 is 1. The Labute approximate surface area is 140 Å². The number of hydrogen-bond donors (Lipinski definition) is 2. The molecule has 1 fully saturated rings. The summed E-state index contributed by atoms with van der Waals surface area (Å²) in [4.78, 5) is 37.1. The second-order valence-corrected chi connectivity index (χ2v) is 6.25. The number of urea groups is 1. The van der Waals surface area contributed by atoms with E-state index in [2.05, 4.69) is 5.32 Å². The maximum Gasteiger partial charge on any atom is 0.339 e. The highest BCUT2D eigenvalue weighted by atomic mass is 16.5. The summed E-state index contributed by atoms with van der Waals surface area (Å²) in [5.74, 6) is -1.91. The van der Waals surface area contributed by atoms with Crippen LogP contribution in [0.15, 0.2) is 18.2 Å². The van der Waals surface area contributed by atoms with Crippen LogP contribution in [0.1, 0.15) is 29.3 Å². The number of hydrogen-bond acceptors (Lipinski definition) is 4. The van der Waals surface area contributed by atoms with Gasteiger partial charge in [0.1, 0.15) is 0 Å². The highest BCUT2D eigenvalue weighted by Gasteiger charge is 2.32. The van der Waals surface area contributed by atoms with Crippen molar-refractivity contribution in [2.24, 2.45) is 11.8 Å². The minimum atomic E-state index is -0.898. The molecule has 2 unspecified atom stereocenters. The first-order chi connectivity index (χ1) is 11.3. The average Bonchev–Trinajstić information content (AvgIpc) is 2.55. The molecule has 2 N–H and O–H groups in total. The lowest BCUT2D eigenvalue weighted by molar-refractivity contribution is -0.143. The summed E-state index contributed by atoms with van der Waals surface area (Å²) in [7, 11) is 1.28. The van der Waals surface area contributed by atoms with Gasteiger partial charge in [-0.25, -0.2) is 9.59 Å². The maximum absolute atomic E-state index is 12.5. The van der Waals surface area contributed by atoms with E-state index in [4.69, 9.17) is 4.74 Å². The van der Waals surface area contributed by atoms with Crippen LogP contribution in [0, 0.1) is 18.8 Å². The molecule has 7 nitrogen and oxygen atoms in total. The summed E-state index contributed by atoms with van der Waals surface area (Å²) in [5, 5.41) is 11.9. The molecule has 0 bridgehead atoms. The number of amides is 2. The first-order valence-corrected chi connectivity index (χ1v) is 7.79. The zero-order valence-corrected chi connectivity index (χ0v) is 14.0. The fourth-order valence-corrected chi connectivity index (χ4v) is 2.94. The van der Waals surface area contributed by atoms with Gasteiger partial charge >= 0.3 is 18.0 Å². The summed E-state index contributed by atoms with van der Waals surface area (Å²) in [6.07, 6.45) is 0.553. The Balaban J connectivity index is 2.17. The SMILES string of the molecule is COC(=O)c1cc(C)ccc1NC(=O)N1CC(C)CC(C(=O)O)C1. The summed E-state index contributed by atoms with van der Waals surface area (Å²) in [6.45, 7) is 4.39. The van der Waals surface area contributed by atoms with Gasteiger partial charge < -0.3 is 20.1 Å². The minimum absolute atomic E-state index is 0.101. The summed E-state index contributed by atoms with van der Waals surface area (Å²) < 4.78 is 4.74. The predicted molar refractivity (Wildman–Crippen MR) is 88.0 cm³/mol. The molecule has 0 saturated carbocycles. The predicted octanol–water partition coefficient (Wildman–Crippen LogP) is 2.36. The lowest BCUT2D eigenvalue weighted by atomic mass is 9.91. The normalized spacial score (nSPS) is 20.4. The standard InChI is InChI=1S/C17H22N2O5/c1-10-4-5-14(13(7-10)16(22)24-3)18-17(23)19-8-11(2)6-12(9-19)15(20)21/h4-5,7,11-12H,6,8-9H2,1-3H3,(H,18,23)(H,20,21). The van der Waals surface area contributed by atoms with Crippen LogP contribution in [0.2, 0.25) is 0 Å². The quantitative estimate of drug-likeness (QED) is 0.827. The molecule has 24 heavy (non-hydrogen) atoms. The van der Waals surface area contributed by atoms with Gasteiger partial charge in [0.2, 0.25) is 0 Å². The lowest BCUT2D eigenvalue weighted by Gasteiger charge is -2.34. The van der Waals surface area contributed by atoms with Gasteiger partial charge in [-0.1, -0.05) is 18.6 Å². The number of ether oxygens (including phenoxy) is 1. The van der Waals surface area contributed by atoms with Crippen LogP contribution in [0.5, 0.6) is 0 Å². The number of nitrogens with zero attached hydrogens (tertiary/aromatic N) is 1. The fraction of sp³-hybridized carbons (Fsp3) is 0.471. The summed E-state index contributed by atoms with van der Waals surface area (Å²) in [5.41, 5.74) is 1.49. The van der Waals surface area contributed by atoms with Crippen LogP contribution in [-0.2, 0) is 9.53 Å². The van der Waals surface area contributed by atoms with E-state index in [1.807, 2.05) is 13.8 Å². The molecule has 1 aromatic rings. The second-order valence-electron chi connectivity index (χ2n) is 6.25. The van der Waals surface area contributed by atoms with Crippen molar-refractivity contribution in [3.63, 3.8) is 0 Å². The van der Waals surface area contributed by atoms with Gasteiger partial charge in [0.05, 0.1) is 24.3 Å². The van der Waals surface area contributed by atoms with Crippen LogP contribution in [0.4, 0.5) is 10.5 Å². The van der Waals surface area contributed by atoms with Crippen molar-refractivity contribution in [1.29, 1.82) is 0 Å². The number of aryl methyl sites for hydroxylation is 1. The number of piperidine rings is 1. The molecule has 0 aliphatic carbocycles. The minimum Gasteiger partial charge on any atom is -0.481 e. The number of carboxylic acids is 1. The molecule has 1 saturated heterocycles. The van der Waals surface area contributed by atoms with Gasteiger partial charge in [-0.05, 0) is 31.4 Å². The average molecular weight is 334 g/mol. The summed E-state index contributed by atoms with van der Waals surface area (Å²) >= 11 is 0. The fourth-order valence-electron chi connectivity index (χ4n) is 2.94. The number of carboxylic acid groups (broad SMARTS) is 1. The van der Waals surface area contributed by atoms with Crippen LogP contribution < -0.4 is 5.32 Å². The van der Waals surface area contributed by atoms with Crippen LogP contribution in [-0.4, -0.2) is 48.2 Å². The number of esters is 1. The van der Waals surface area contributed by atoms with Crippen LogP contribution >= 0.6 is 0 Å². The van der Waals surface area contributed by atoms with Crippen molar-refractivity contribution < 1.29 is 24.2 Å². The summed E-state index contributed by atoms with van der Waals surface area (Å²) in [6, 6.07) is 4.64. The molecule has 2 rings (SSSR count). The zero-order valence-electron chi connectivity index (χ0n) is 14.0. The van der Waals surface area contributed by atoms with E-state index in [0.29, 0.717) is 18.7 Å². The molecule has 1 heterocycles. The number of benzene rings is 1. The van der Waals surface area contributed by atoms with Crippen molar-refractivity contribution in [2.45, 2.75) is 20.3 Å². The second kappa shape index (κ2) is 7.33. The van der Waals surface area contributed by atoms with Crippen molar-refractivity contribution in [1.82, 2.24) is 4.90 Å². The lowest BCUT2D eigenvalue weighted by Crippen LogP contribution is -2.47. The smallest absolute Gasteiger partial charge is 0.339 e. The molecule has 1 aromatic carbocycles. The molecule has 2 atom stereocenters. The van der Waals surface area contributed by atoms with Crippen molar-refractivity contribution in [3.8, 4) is 0 Å². The van der Waals surface area contributed by atoms with Gasteiger partial charge in [-0.15, -0.1) is 0 Å². The molecule has 2 amide bonds. The molecular weight excluding hydrogens is 312 g/mol. The third-order valence-electron chi connectivity index (χ3n) is 4.12. The Morgan fingerprint density at radius 1 is 1.29 bits per heavy atom. The van der Waals surface area contributed by atoms with Gasteiger partial charge in [0.25, 0.3) is 0 Å². The third kappa shape index (κ3) is 4.04. The van der Waals surface area contributed by atoms with Crippen molar-refractivity contribution in [2.75, 3.05) is 25.5 Å². The van der Waals surface area contributed by atoms with E-state index in [-0.39, 0.29) is 18.0 Å². The van der Waals surface area contributed by atoms with Crippen molar-refractivity contribution >= 4 is 23.7 Å². The molecule has 1 aliphatic heterocycles. The number of aliphatic carboxylic acids is 1. The molecular formula is C17H22N2O5. The van der Waals surface area contributed by atoms with Crippen molar-refractivity contribution in [3.05, 3.63) is 29.3 Å². The van der Waals surface area contributed by atoms with E-state index < -0.39 is 23.9 Å². The molecule has 0 radical (unpaired) electrons. The first-order valence-electron chi connectivity index (χ1n) is 7.79. The van der Waals surface area contributed by atoms with E-state index in [0.717, 1.165) is 5.56 Å². The Kier molecular flexibility index (Phi) is 5.43. The number of anilines is 1. The highest BCUT2D eigenvalue weighted by molar-refractivity contribution is 6.01. The first kappa shape index (κ1) is 17.8. The van der Waals surface area contributed by atoms with Gasteiger partial charge in [-0.3, -0.25) is 4.79 Å². The van der Waals surface area contributed by atoms with E-state index in [1.165, 1.54) is 12.0 Å². The molecule has 0 spiro atoms. The molecule has 1 aliphatic rings. The number of carbonyl (C=O) groups excluding carboxylic acids is 2. The zero-order chi connectivity index (χ0) is 17.9. The van der Waals surface area contributed by atoms with Gasteiger partial charge in [0.15, 0.2) is 0 Å². The number of carbonyl (C=O) groups is 3. The van der Waals surface area contributed by atoms with Gasteiger partial charge in [0, 0.05) is 13.1 Å². The monoisotopic (exact) mass is 334 g/mol. The molecule has 130 valence electrons. The van der Waals surface area contributed by atoms with E-state index in [9.17, 15) is 19.5 Å². The topological polar surface area (TPSA) is 95.9 Å². The highest BCUT2D eigenvalue weighted by Crippen LogP contribution is 2.24. The third-order valence-corrected chi connectivity index (χ3v) is 4.12. The Hall–Kier alpha value is -2.57.